The summed E-state index contributed by atoms with van der Waals surface area (Å²) in [6.45, 7) is 6.45. The van der Waals surface area contributed by atoms with Gasteiger partial charge in [0, 0.05) is 32.8 Å². The molecule has 144 valence electrons. The molecule has 5 atom stereocenters. The van der Waals surface area contributed by atoms with Crippen LogP contribution in [0.2, 0.25) is 0 Å². The summed E-state index contributed by atoms with van der Waals surface area (Å²) in [6.07, 6.45) is 5.90. The summed E-state index contributed by atoms with van der Waals surface area (Å²) >= 11 is 0. The van der Waals surface area contributed by atoms with Gasteiger partial charge in [0.05, 0.1) is 11.8 Å². The van der Waals surface area contributed by atoms with Gasteiger partial charge in [-0.25, -0.2) is 0 Å². The van der Waals surface area contributed by atoms with Crippen molar-refractivity contribution in [2.24, 2.45) is 34.6 Å². The summed E-state index contributed by atoms with van der Waals surface area (Å²) in [5.74, 6) is 1.19. The zero-order valence-corrected chi connectivity index (χ0v) is 15.6. The first-order chi connectivity index (χ1) is 12.6. The van der Waals surface area contributed by atoms with Crippen LogP contribution >= 0.6 is 0 Å². The molecule has 0 aromatic heterocycles. The molecule has 7 heteroatoms. The van der Waals surface area contributed by atoms with E-state index in [0.29, 0.717) is 32.0 Å². The molecular weight excluding hydrogens is 332 g/mol. The number of carbonyl (C=O) groups is 2. The maximum absolute atomic E-state index is 12.6. The van der Waals surface area contributed by atoms with Crippen LogP contribution in [0.5, 0.6) is 0 Å². The number of aliphatic hydroxyl groups is 1. The fourth-order valence-electron chi connectivity index (χ4n) is 4.28. The maximum atomic E-state index is 12.6. The molecule has 5 unspecified atom stereocenters. The number of rotatable bonds is 8. The molecule has 1 saturated carbocycles. The minimum Gasteiger partial charge on any atom is -0.396 e. The zero-order chi connectivity index (χ0) is 18.7. The number of aliphatic hydroxyl groups excluding tert-OH is 1. The number of allylic oxidation sites excluding steroid dienone is 2. The minimum atomic E-state index is -0.107. The van der Waals surface area contributed by atoms with Gasteiger partial charge in [-0.05, 0) is 37.5 Å². The third-order valence-electron chi connectivity index (χ3n) is 5.63. The molecule has 7 nitrogen and oxygen atoms in total. The quantitative estimate of drug-likeness (QED) is 0.191. The summed E-state index contributed by atoms with van der Waals surface area (Å²) in [4.78, 5) is 31.1. The summed E-state index contributed by atoms with van der Waals surface area (Å²) in [5.41, 5.74) is 0. The number of fused-ring (bicyclic) bond motifs is 5. The van der Waals surface area contributed by atoms with Crippen molar-refractivity contribution in [1.29, 1.82) is 0 Å². The first kappa shape index (κ1) is 18.9. The van der Waals surface area contributed by atoms with E-state index < -0.39 is 0 Å². The number of guanidine groups is 1. The van der Waals surface area contributed by atoms with E-state index in [4.69, 9.17) is 5.11 Å². The lowest BCUT2D eigenvalue weighted by atomic mass is 9.85. The van der Waals surface area contributed by atoms with Crippen LogP contribution in [0.25, 0.3) is 0 Å². The Bertz CT molecular complexity index is 574. The second kappa shape index (κ2) is 8.20. The molecule has 1 aliphatic heterocycles. The minimum absolute atomic E-state index is 0.0224. The molecule has 2 amide bonds. The van der Waals surface area contributed by atoms with E-state index >= 15 is 0 Å². The Hall–Kier alpha value is -1.89. The SMILES string of the molecule is CCNC(=NCC(C)CO)NCCCN1C(=O)C2C3C=CC(C3)C2C1=O. The van der Waals surface area contributed by atoms with Crippen molar-refractivity contribution < 1.29 is 14.7 Å². The molecule has 2 aliphatic carbocycles. The van der Waals surface area contributed by atoms with Crippen molar-refractivity contribution in [3.05, 3.63) is 12.2 Å². The molecule has 3 rings (SSSR count). The Balaban J connectivity index is 1.46. The van der Waals surface area contributed by atoms with E-state index in [1.54, 1.807) is 0 Å². The van der Waals surface area contributed by atoms with Gasteiger partial charge in [-0.2, -0.15) is 0 Å². The Morgan fingerprint density at radius 1 is 1.27 bits per heavy atom. The van der Waals surface area contributed by atoms with Gasteiger partial charge in [0.1, 0.15) is 0 Å². The lowest BCUT2D eigenvalue weighted by molar-refractivity contribution is -0.140. The molecule has 3 aliphatic rings. The van der Waals surface area contributed by atoms with E-state index in [1.807, 2.05) is 13.8 Å². The highest BCUT2D eigenvalue weighted by atomic mass is 16.3. The Morgan fingerprint density at radius 3 is 2.50 bits per heavy atom. The summed E-state index contributed by atoms with van der Waals surface area (Å²) in [6, 6.07) is 0. The van der Waals surface area contributed by atoms with Crippen molar-refractivity contribution in [1.82, 2.24) is 15.5 Å². The number of imide groups is 1. The van der Waals surface area contributed by atoms with Gasteiger partial charge in [0.15, 0.2) is 5.96 Å². The average Bonchev–Trinajstić information content (AvgIpc) is 3.31. The van der Waals surface area contributed by atoms with Crippen LogP contribution < -0.4 is 10.6 Å². The highest BCUT2D eigenvalue weighted by molar-refractivity contribution is 6.06. The van der Waals surface area contributed by atoms with Gasteiger partial charge in [0.2, 0.25) is 11.8 Å². The van der Waals surface area contributed by atoms with E-state index in [-0.39, 0.29) is 48.0 Å². The molecular formula is C19H30N4O3. The highest BCUT2D eigenvalue weighted by Gasteiger charge is 2.58. The summed E-state index contributed by atoms with van der Waals surface area (Å²) in [7, 11) is 0. The molecule has 3 N–H and O–H groups in total. The van der Waals surface area contributed by atoms with Crippen LogP contribution in [0, 0.1) is 29.6 Å². The Kier molecular flexibility index (Phi) is 5.96. The standard InChI is InChI=1S/C19H30N4O3/c1-3-20-19(22-10-12(2)11-24)21-7-4-8-23-17(25)15-13-5-6-14(9-13)16(15)18(23)26/h5-6,12-16,24H,3-4,7-11H2,1-2H3,(H2,20,21,22). The lowest BCUT2D eigenvalue weighted by Gasteiger charge is -2.18. The van der Waals surface area contributed by atoms with Gasteiger partial charge in [-0.15, -0.1) is 0 Å². The number of amides is 2. The molecule has 26 heavy (non-hydrogen) atoms. The second-order valence-corrected chi connectivity index (χ2v) is 7.62. The average molecular weight is 362 g/mol. The lowest BCUT2D eigenvalue weighted by Crippen LogP contribution is -2.40. The van der Waals surface area contributed by atoms with Crippen molar-refractivity contribution in [2.75, 3.05) is 32.8 Å². The number of hydrogen-bond donors (Lipinski definition) is 3. The Labute approximate surface area is 154 Å². The first-order valence-electron chi connectivity index (χ1n) is 9.73. The molecule has 0 aromatic rings. The Morgan fingerprint density at radius 2 is 1.92 bits per heavy atom. The first-order valence-corrected chi connectivity index (χ1v) is 9.73. The third-order valence-corrected chi connectivity index (χ3v) is 5.63. The molecule has 0 aromatic carbocycles. The van der Waals surface area contributed by atoms with Crippen molar-refractivity contribution >= 4 is 17.8 Å². The molecule has 0 spiro atoms. The predicted molar refractivity (Wildman–Crippen MR) is 99.3 cm³/mol. The van der Waals surface area contributed by atoms with Gasteiger partial charge in [-0.1, -0.05) is 19.1 Å². The van der Waals surface area contributed by atoms with E-state index in [1.165, 1.54) is 4.90 Å². The number of likely N-dealkylation sites (tertiary alicyclic amines) is 1. The van der Waals surface area contributed by atoms with Crippen molar-refractivity contribution in [3.8, 4) is 0 Å². The molecule has 2 fully saturated rings. The topological polar surface area (TPSA) is 94.0 Å². The fraction of sp³-hybridized carbons (Fsp3) is 0.737. The summed E-state index contributed by atoms with van der Waals surface area (Å²) in [5, 5.41) is 15.5. The van der Waals surface area contributed by atoms with Gasteiger partial charge in [-0.3, -0.25) is 19.5 Å². The highest BCUT2D eigenvalue weighted by Crippen LogP contribution is 2.52. The van der Waals surface area contributed by atoms with Crippen LogP contribution in [0.15, 0.2) is 17.1 Å². The van der Waals surface area contributed by atoms with Gasteiger partial charge >= 0.3 is 0 Å². The normalized spacial score (nSPS) is 30.9. The smallest absolute Gasteiger partial charge is 0.233 e. The van der Waals surface area contributed by atoms with Gasteiger partial charge < -0.3 is 15.7 Å². The van der Waals surface area contributed by atoms with Crippen LogP contribution in [0.1, 0.15) is 26.7 Å². The van der Waals surface area contributed by atoms with Crippen molar-refractivity contribution in [2.45, 2.75) is 26.7 Å². The largest absolute Gasteiger partial charge is 0.396 e. The number of hydrogen-bond acceptors (Lipinski definition) is 4. The monoisotopic (exact) mass is 362 g/mol. The van der Waals surface area contributed by atoms with Crippen LogP contribution in [-0.4, -0.2) is 60.6 Å². The predicted octanol–water partition coefficient (Wildman–Crippen LogP) is 0.367. The maximum Gasteiger partial charge on any atom is 0.233 e. The molecule has 2 bridgehead atoms. The molecule has 1 saturated heterocycles. The number of nitrogens with one attached hydrogen (secondary N) is 2. The second-order valence-electron chi connectivity index (χ2n) is 7.62. The third kappa shape index (κ3) is 3.63. The number of aliphatic imine (C=N–C) groups is 1. The molecule has 0 radical (unpaired) electrons. The fourth-order valence-corrected chi connectivity index (χ4v) is 4.28. The zero-order valence-electron chi connectivity index (χ0n) is 15.6. The van der Waals surface area contributed by atoms with Crippen LogP contribution in [0.3, 0.4) is 0 Å². The van der Waals surface area contributed by atoms with Crippen LogP contribution in [-0.2, 0) is 9.59 Å². The van der Waals surface area contributed by atoms with Gasteiger partial charge in [0.25, 0.3) is 0 Å². The summed E-state index contributed by atoms with van der Waals surface area (Å²) < 4.78 is 0. The van der Waals surface area contributed by atoms with Crippen molar-refractivity contribution in [3.63, 3.8) is 0 Å². The number of carbonyl (C=O) groups excluding carboxylic acids is 2. The van der Waals surface area contributed by atoms with E-state index in [0.717, 1.165) is 13.0 Å². The molecule has 1 heterocycles. The van der Waals surface area contributed by atoms with E-state index in [2.05, 4.69) is 27.8 Å². The van der Waals surface area contributed by atoms with Crippen LogP contribution in [0.4, 0.5) is 0 Å². The van der Waals surface area contributed by atoms with E-state index in [9.17, 15) is 9.59 Å². The number of nitrogens with zero attached hydrogens (tertiary/aromatic N) is 2.